The molecule has 1 fully saturated rings. The highest BCUT2D eigenvalue weighted by Crippen LogP contribution is 2.24. The standard InChI is InChI=1S/C22H25FN2O3/c1-15-19(23)9-6-10-20(15)28-22(27)25-13-11-17(12-14-25)16(2)24-21(26)18-7-4-3-5-8-18/h3-10,16-17H,11-14H2,1-2H3,(H,24,26). The van der Waals surface area contributed by atoms with Crippen molar-refractivity contribution in [3.05, 3.63) is 65.5 Å². The Morgan fingerprint density at radius 3 is 2.46 bits per heavy atom. The lowest BCUT2D eigenvalue weighted by molar-refractivity contribution is 0.0895. The van der Waals surface area contributed by atoms with Crippen LogP contribution in [0.3, 0.4) is 0 Å². The van der Waals surface area contributed by atoms with Gasteiger partial charge in [-0.25, -0.2) is 9.18 Å². The van der Waals surface area contributed by atoms with E-state index in [1.54, 1.807) is 30.0 Å². The zero-order valence-electron chi connectivity index (χ0n) is 16.2. The molecule has 2 amide bonds. The van der Waals surface area contributed by atoms with Crippen LogP contribution in [0.2, 0.25) is 0 Å². The lowest BCUT2D eigenvalue weighted by atomic mass is 9.90. The third-order valence-electron chi connectivity index (χ3n) is 5.31. The summed E-state index contributed by atoms with van der Waals surface area (Å²) < 4.78 is 19.0. The summed E-state index contributed by atoms with van der Waals surface area (Å²) in [5.41, 5.74) is 0.962. The van der Waals surface area contributed by atoms with Crippen LogP contribution in [0, 0.1) is 18.7 Å². The van der Waals surface area contributed by atoms with Crippen LogP contribution in [0.1, 0.15) is 35.7 Å². The molecule has 1 heterocycles. The minimum Gasteiger partial charge on any atom is -0.410 e. The van der Waals surface area contributed by atoms with Gasteiger partial charge in [-0.05, 0) is 56.9 Å². The van der Waals surface area contributed by atoms with E-state index in [1.165, 1.54) is 12.1 Å². The van der Waals surface area contributed by atoms with Crippen LogP contribution in [0.15, 0.2) is 48.5 Å². The van der Waals surface area contributed by atoms with Crippen molar-refractivity contribution >= 4 is 12.0 Å². The van der Waals surface area contributed by atoms with E-state index in [0.717, 1.165) is 12.8 Å². The Labute approximate surface area is 164 Å². The molecular formula is C22H25FN2O3. The summed E-state index contributed by atoms with van der Waals surface area (Å²) in [5, 5.41) is 3.05. The van der Waals surface area contributed by atoms with Crippen molar-refractivity contribution in [1.29, 1.82) is 0 Å². The number of carbonyl (C=O) groups is 2. The van der Waals surface area contributed by atoms with Crippen LogP contribution in [-0.4, -0.2) is 36.0 Å². The highest BCUT2D eigenvalue weighted by Gasteiger charge is 2.28. The van der Waals surface area contributed by atoms with Gasteiger partial charge in [0.25, 0.3) is 5.91 Å². The third-order valence-corrected chi connectivity index (χ3v) is 5.31. The molecule has 0 aliphatic carbocycles. The smallest absolute Gasteiger partial charge is 0.410 e. The number of halogens is 1. The van der Waals surface area contributed by atoms with Crippen molar-refractivity contribution in [2.45, 2.75) is 32.7 Å². The van der Waals surface area contributed by atoms with Gasteiger partial charge in [-0.2, -0.15) is 0 Å². The first kappa shape index (κ1) is 19.9. The van der Waals surface area contributed by atoms with Crippen molar-refractivity contribution in [2.24, 2.45) is 5.92 Å². The number of rotatable bonds is 4. The van der Waals surface area contributed by atoms with Crippen molar-refractivity contribution in [3.8, 4) is 5.75 Å². The highest BCUT2D eigenvalue weighted by molar-refractivity contribution is 5.94. The van der Waals surface area contributed by atoms with Crippen molar-refractivity contribution in [3.63, 3.8) is 0 Å². The largest absolute Gasteiger partial charge is 0.415 e. The van der Waals surface area contributed by atoms with E-state index in [0.29, 0.717) is 24.2 Å². The number of nitrogens with zero attached hydrogens (tertiary/aromatic N) is 1. The first-order valence-electron chi connectivity index (χ1n) is 9.53. The van der Waals surface area contributed by atoms with Crippen LogP contribution in [0.25, 0.3) is 0 Å². The number of likely N-dealkylation sites (tertiary alicyclic amines) is 1. The molecule has 0 saturated carbocycles. The number of amides is 2. The number of hydrogen-bond acceptors (Lipinski definition) is 3. The summed E-state index contributed by atoms with van der Waals surface area (Å²) in [4.78, 5) is 26.3. The van der Waals surface area contributed by atoms with E-state index in [4.69, 9.17) is 4.74 Å². The van der Waals surface area contributed by atoms with E-state index in [1.807, 2.05) is 25.1 Å². The zero-order chi connectivity index (χ0) is 20.1. The Morgan fingerprint density at radius 2 is 1.79 bits per heavy atom. The van der Waals surface area contributed by atoms with Crippen LogP contribution >= 0.6 is 0 Å². The lowest BCUT2D eigenvalue weighted by Gasteiger charge is -2.34. The average molecular weight is 384 g/mol. The molecule has 1 atom stereocenters. The third kappa shape index (κ3) is 4.68. The topological polar surface area (TPSA) is 58.6 Å². The molecule has 5 nitrogen and oxygen atoms in total. The normalized spacial score (nSPS) is 15.8. The Kier molecular flexibility index (Phi) is 6.29. The number of nitrogens with one attached hydrogen (secondary N) is 1. The van der Waals surface area contributed by atoms with Gasteiger partial charge in [-0.3, -0.25) is 4.79 Å². The van der Waals surface area contributed by atoms with Crippen molar-refractivity contribution in [2.75, 3.05) is 13.1 Å². The fourth-order valence-corrected chi connectivity index (χ4v) is 3.44. The molecule has 1 unspecified atom stereocenters. The Balaban J connectivity index is 1.50. The average Bonchev–Trinajstić information content (AvgIpc) is 2.72. The van der Waals surface area contributed by atoms with E-state index in [2.05, 4.69) is 5.32 Å². The summed E-state index contributed by atoms with van der Waals surface area (Å²) in [6.07, 6.45) is 1.08. The molecular weight excluding hydrogens is 359 g/mol. The van der Waals surface area contributed by atoms with Crippen molar-refractivity contribution < 1.29 is 18.7 Å². The van der Waals surface area contributed by atoms with Crippen LogP contribution in [-0.2, 0) is 0 Å². The maximum Gasteiger partial charge on any atom is 0.415 e. The fraction of sp³-hybridized carbons (Fsp3) is 0.364. The summed E-state index contributed by atoms with van der Waals surface area (Å²) >= 11 is 0. The van der Waals surface area contributed by atoms with Gasteiger partial charge in [0.1, 0.15) is 11.6 Å². The number of carbonyl (C=O) groups excluding carboxylic acids is 2. The van der Waals surface area contributed by atoms with Crippen LogP contribution in [0.5, 0.6) is 5.75 Å². The van der Waals surface area contributed by atoms with Crippen LogP contribution in [0.4, 0.5) is 9.18 Å². The summed E-state index contributed by atoms with van der Waals surface area (Å²) in [6, 6.07) is 13.6. The second kappa shape index (κ2) is 8.87. The van der Waals surface area contributed by atoms with E-state index < -0.39 is 11.9 Å². The molecule has 1 saturated heterocycles. The molecule has 148 valence electrons. The van der Waals surface area contributed by atoms with Gasteiger partial charge < -0.3 is 15.0 Å². The quantitative estimate of drug-likeness (QED) is 0.861. The molecule has 2 aromatic rings. The molecule has 28 heavy (non-hydrogen) atoms. The fourth-order valence-electron chi connectivity index (χ4n) is 3.44. The number of hydrogen-bond donors (Lipinski definition) is 1. The minimum atomic E-state index is -0.465. The summed E-state index contributed by atoms with van der Waals surface area (Å²) in [5.74, 6) is 0.0479. The molecule has 0 aromatic heterocycles. The number of benzene rings is 2. The Bertz CT molecular complexity index is 833. The molecule has 0 spiro atoms. The van der Waals surface area contributed by atoms with Gasteiger partial charge in [0, 0.05) is 30.3 Å². The minimum absolute atomic E-state index is 0.0105. The van der Waals surface area contributed by atoms with Gasteiger partial charge in [0.05, 0.1) is 0 Å². The monoisotopic (exact) mass is 384 g/mol. The summed E-state index contributed by atoms with van der Waals surface area (Å²) in [7, 11) is 0. The molecule has 3 rings (SSSR count). The van der Waals surface area contributed by atoms with E-state index in [9.17, 15) is 14.0 Å². The lowest BCUT2D eigenvalue weighted by Crippen LogP contribution is -2.46. The van der Waals surface area contributed by atoms with Gasteiger partial charge in [0.15, 0.2) is 0 Å². The maximum absolute atomic E-state index is 13.6. The second-order valence-corrected chi connectivity index (χ2v) is 7.18. The van der Waals surface area contributed by atoms with Crippen LogP contribution < -0.4 is 10.1 Å². The molecule has 2 aromatic carbocycles. The zero-order valence-corrected chi connectivity index (χ0v) is 16.2. The first-order chi connectivity index (χ1) is 13.5. The highest BCUT2D eigenvalue weighted by atomic mass is 19.1. The molecule has 0 radical (unpaired) electrons. The molecule has 6 heteroatoms. The molecule has 1 aliphatic rings. The predicted molar refractivity (Wildman–Crippen MR) is 105 cm³/mol. The number of piperidine rings is 1. The van der Waals surface area contributed by atoms with Gasteiger partial charge in [-0.15, -0.1) is 0 Å². The maximum atomic E-state index is 13.6. The second-order valence-electron chi connectivity index (χ2n) is 7.18. The number of ether oxygens (including phenoxy) is 1. The Morgan fingerprint density at radius 1 is 1.11 bits per heavy atom. The van der Waals surface area contributed by atoms with E-state index >= 15 is 0 Å². The molecule has 0 bridgehead atoms. The molecule has 1 aliphatic heterocycles. The van der Waals surface area contributed by atoms with Gasteiger partial charge >= 0.3 is 6.09 Å². The first-order valence-corrected chi connectivity index (χ1v) is 9.53. The van der Waals surface area contributed by atoms with Crippen molar-refractivity contribution in [1.82, 2.24) is 10.2 Å². The van der Waals surface area contributed by atoms with Gasteiger partial charge in [0.2, 0.25) is 0 Å². The summed E-state index contributed by atoms with van der Waals surface area (Å²) in [6.45, 7) is 4.67. The van der Waals surface area contributed by atoms with E-state index in [-0.39, 0.29) is 23.6 Å². The molecule has 1 N–H and O–H groups in total. The predicted octanol–water partition coefficient (Wildman–Crippen LogP) is 4.16. The van der Waals surface area contributed by atoms with Gasteiger partial charge in [-0.1, -0.05) is 24.3 Å². The Hall–Kier alpha value is -2.89. The SMILES string of the molecule is Cc1c(F)cccc1OC(=O)N1CCC(C(C)NC(=O)c2ccccc2)CC1.